The first-order valence-electron chi connectivity index (χ1n) is 5.32. The maximum Gasteiger partial charge on any atom is 0.225 e. The number of carbonyl (C=O) groups is 1. The minimum atomic E-state index is -0.463. The number of hydrogen-bond acceptors (Lipinski definition) is 4. The zero-order chi connectivity index (χ0) is 11.4. The predicted molar refractivity (Wildman–Crippen MR) is 60.9 cm³/mol. The molecule has 0 aromatic heterocycles. The lowest BCUT2D eigenvalue weighted by Crippen LogP contribution is -2.64. The third kappa shape index (κ3) is 3.03. The third-order valence-corrected chi connectivity index (χ3v) is 2.48. The van der Waals surface area contributed by atoms with Crippen LogP contribution in [0.1, 0.15) is 12.0 Å². The highest BCUT2D eigenvalue weighted by Gasteiger charge is 2.22. The first-order chi connectivity index (χ1) is 7.74. The highest BCUT2D eigenvalue weighted by atomic mass is 16.2. The van der Waals surface area contributed by atoms with Gasteiger partial charge in [0.15, 0.2) is 0 Å². The van der Waals surface area contributed by atoms with Crippen LogP contribution >= 0.6 is 0 Å². The predicted octanol–water partition coefficient (Wildman–Crippen LogP) is -0.546. The monoisotopic (exact) mass is 220 g/mol. The second kappa shape index (κ2) is 5.07. The van der Waals surface area contributed by atoms with Gasteiger partial charge in [-0.15, -0.1) is 0 Å². The normalized spacial score (nSPS) is 25.2. The number of benzene rings is 1. The van der Waals surface area contributed by atoms with Gasteiger partial charge in [-0.2, -0.15) is 0 Å². The quantitative estimate of drug-likeness (QED) is 0.551. The molecule has 0 bridgehead atoms. The molecule has 0 saturated carbocycles. The van der Waals surface area contributed by atoms with Crippen LogP contribution in [0.4, 0.5) is 0 Å². The Balaban J connectivity index is 1.84. The summed E-state index contributed by atoms with van der Waals surface area (Å²) in [6, 6.07) is 10.0. The van der Waals surface area contributed by atoms with Crippen molar-refractivity contribution in [2.75, 3.05) is 0 Å². The molecule has 0 radical (unpaired) electrons. The van der Waals surface area contributed by atoms with E-state index in [9.17, 15) is 4.79 Å². The molecular formula is C11H16N4O. The lowest BCUT2D eigenvalue weighted by atomic mass is 10.2. The Bertz CT molecular complexity index is 354. The highest BCUT2D eigenvalue weighted by molar-refractivity contribution is 5.77. The van der Waals surface area contributed by atoms with Crippen molar-refractivity contribution in [1.29, 1.82) is 0 Å². The van der Waals surface area contributed by atoms with Crippen LogP contribution in [0.3, 0.4) is 0 Å². The molecule has 2 unspecified atom stereocenters. The van der Waals surface area contributed by atoms with Crippen molar-refractivity contribution in [3.8, 4) is 0 Å². The Morgan fingerprint density at radius 1 is 1.38 bits per heavy atom. The van der Waals surface area contributed by atoms with Crippen LogP contribution in [0, 0.1) is 0 Å². The Hall–Kier alpha value is -1.43. The molecule has 1 amide bonds. The first kappa shape index (κ1) is 11.1. The molecule has 5 nitrogen and oxygen atoms in total. The van der Waals surface area contributed by atoms with Crippen LogP contribution in [0.15, 0.2) is 30.3 Å². The molecule has 5 heteroatoms. The molecule has 1 aromatic carbocycles. The lowest BCUT2D eigenvalue weighted by molar-refractivity contribution is -0.124. The SMILES string of the molecule is NC1NC(=O)CC(NCc2ccccc2)N1. The highest BCUT2D eigenvalue weighted by Crippen LogP contribution is 2.00. The number of amides is 1. The number of carbonyl (C=O) groups excluding carboxylic acids is 1. The molecule has 86 valence electrons. The first-order valence-corrected chi connectivity index (χ1v) is 5.32. The third-order valence-electron chi connectivity index (χ3n) is 2.48. The summed E-state index contributed by atoms with van der Waals surface area (Å²) >= 11 is 0. The topological polar surface area (TPSA) is 79.2 Å². The van der Waals surface area contributed by atoms with E-state index in [-0.39, 0.29) is 12.1 Å². The molecule has 1 aliphatic heterocycles. The zero-order valence-electron chi connectivity index (χ0n) is 8.94. The van der Waals surface area contributed by atoms with Crippen molar-refractivity contribution in [3.05, 3.63) is 35.9 Å². The number of hydrogen-bond donors (Lipinski definition) is 4. The van der Waals surface area contributed by atoms with Crippen molar-refractivity contribution >= 4 is 5.91 Å². The fourth-order valence-electron chi connectivity index (χ4n) is 1.70. The second-order valence-corrected chi connectivity index (χ2v) is 3.84. The van der Waals surface area contributed by atoms with E-state index in [1.165, 1.54) is 5.56 Å². The van der Waals surface area contributed by atoms with E-state index < -0.39 is 6.29 Å². The van der Waals surface area contributed by atoms with E-state index in [2.05, 4.69) is 16.0 Å². The summed E-state index contributed by atoms with van der Waals surface area (Å²) < 4.78 is 0. The zero-order valence-corrected chi connectivity index (χ0v) is 8.94. The summed E-state index contributed by atoms with van der Waals surface area (Å²) in [5, 5.41) is 8.89. The summed E-state index contributed by atoms with van der Waals surface area (Å²) in [7, 11) is 0. The molecule has 2 atom stereocenters. The van der Waals surface area contributed by atoms with Crippen LogP contribution in [-0.2, 0) is 11.3 Å². The Morgan fingerprint density at radius 2 is 2.12 bits per heavy atom. The van der Waals surface area contributed by atoms with E-state index in [0.717, 1.165) is 6.54 Å². The van der Waals surface area contributed by atoms with Gasteiger partial charge in [-0.1, -0.05) is 30.3 Å². The van der Waals surface area contributed by atoms with Gasteiger partial charge in [-0.05, 0) is 5.56 Å². The maximum atomic E-state index is 11.2. The lowest BCUT2D eigenvalue weighted by Gasteiger charge is -2.29. The Kier molecular flexibility index (Phi) is 3.51. The molecule has 5 N–H and O–H groups in total. The van der Waals surface area contributed by atoms with Crippen LogP contribution < -0.4 is 21.7 Å². The van der Waals surface area contributed by atoms with E-state index >= 15 is 0 Å². The largest absolute Gasteiger partial charge is 0.328 e. The minimum absolute atomic E-state index is 0.0307. The van der Waals surface area contributed by atoms with E-state index in [1.807, 2.05) is 30.3 Å². The average Bonchev–Trinajstić information content (AvgIpc) is 2.27. The van der Waals surface area contributed by atoms with Gasteiger partial charge < -0.3 is 5.32 Å². The van der Waals surface area contributed by atoms with Gasteiger partial charge in [-0.25, -0.2) is 0 Å². The van der Waals surface area contributed by atoms with Crippen LogP contribution in [0.2, 0.25) is 0 Å². The number of rotatable bonds is 3. The van der Waals surface area contributed by atoms with Crippen molar-refractivity contribution < 1.29 is 4.79 Å². The molecule has 1 aromatic rings. The molecule has 1 aliphatic rings. The second-order valence-electron chi connectivity index (χ2n) is 3.84. The van der Waals surface area contributed by atoms with E-state index in [1.54, 1.807) is 0 Å². The van der Waals surface area contributed by atoms with Crippen LogP contribution in [0.25, 0.3) is 0 Å². The van der Waals surface area contributed by atoms with Crippen LogP contribution in [-0.4, -0.2) is 18.4 Å². The molecule has 1 saturated heterocycles. The molecule has 2 rings (SSSR count). The van der Waals surface area contributed by atoms with E-state index in [0.29, 0.717) is 6.42 Å². The average molecular weight is 220 g/mol. The van der Waals surface area contributed by atoms with Gasteiger partial charge in [0, 0.05) is 6.54 Å². The number of nitrogens with one attached hydrogen (secondary N) is 3. The standard InChI is InChI=1S/C11H16N4O/c12-11-14-9(6-10(16)15-11)13-7-8-4-2-1-3-5-8/h1-5,9,11,13-14H,6-7,12H2,(H,15,16). The van der Waals surface area contributed by atoms with Crippen molar-refractivity contribution in [3.63, 3.8) is 0 Å². The van der Waals surface area contributed by atoms with Gasteiger partial charge in [0.25, 0.3) is 0 Å². The maximum absolute atomic E-state index is 11.2. The van der Waals surface area contributed by atoms with Gasteiger partial charge in [0.2, 0.25) is 5.91 Å². The summed E-state index contributed by atoms with van der Waals surface area (Å²) in [6.07, 6.45) is -0.126. The summed E-state index contributed by atoms with van der Waals surface area (Å²) in [4.78, 5) is 11.2. The van der Waals surface area contributed by atoms with Gasteiger partial charge in [0.1, 0.15) is 6.29 Å². The summed E-state index contributed by atoms with van der Waals surface area (Å²) in [6.45, 7) is 0.721. The molecule has 0 spiro atoms. The number of nitrogens with two attached hydrogens (primary N) is 1. The molecule has 16 heavy (non-hydrogen) atoms. The summed E-state index contributed by atoms with van der Waals surface area (Å²) in [5.74, 6) is -0.0307. The van der Waals surface area contributed by atoms with Crippen LogP contribution in [0.5, 0.6) is 0 Å². The van der Waals surface area contributed by atoms with Crippen molar-refractivity contribution in [2.45, 2.75) is 25.4 Å². The van der Waals surface area contributed by atoms with Crippen molar-refractivity contribution in [2.24, 2.45) is 5.73 Å². The van der Waals surface area contributed by atoms with E-state index in [4.69, 9.17) is 5.73 Å². The van der Waals surface area contributed by atoms with Gasteiger partial charge in [-0.3, -0.25) is 21.2 Å². The molecule has 1 fully saturated rings. The fraction of sp³-hybridized carbons (Fsp3) is 0.364. The Morgan fingerprint density at radius 3 is 2.81 bits per heavy atom. The fourth-order valence-corrected chi connectivity index (χ4v) is 1.70. The van der Waals surface area contributed by atoms with Gasteiger partial charge >= 0.3 is 0 Å². The van der Waals surface area contributed by atoms with Gasteiger partial charge in [0.05, 0.1) is 12.6 Å². The molecular weight excluding hydrogens is 204 g/mol. The van der Waals surface area contributed by atoms with Crippen molar-refractivity contribution in [1.82, 2.24) is 16.0 Å². The smallest absolute Gasteiger partial charge is 0.225 e. The molecule has 1 heterocycles. The minimum Gasteiger partial charge on any atom is -0.328 e. The molecule has 0 aliphatic carbocycles. The summed E-state index contributed by atoms with van der Waals surface area (Å²) in [5.41, 5.74) is 6.79. The Labute approximate surface area is 94.4 Å².